The predicted octanol–water partition coefficient (Wildman–Crippen LogP) is 2.40. The maximum absolute atomic E-state index is 12.1. The Morgan fingerprint density at radius 2 is 2.18 bits per heavy atom. The van der Waals surface area contributed by atoms with E-state index in [4.69, 9.17) is 5.26 Å². The first-order valence-electron chi connectivity index (χ1n) is 5.50. The number of hydrogen-bond acceptors (Lipinski definition) is 3. The summed E-state index contributed by atoms with van der Waals surface area (Å²) in [6.45, 7) is 2.03. The molecule has 0 spiro atoms. The van der Waals surface area contributed by atoms with E-state index < -0.39 is 0 Å². The van der Waals surface area contributed by atoms with Gasteiger partial charge in [-0.1, -0.05) is 25.1 Å². The Bertz CT molecular complexity index is 481. The van der Waals surface area contributed by atoms with Gasteiger partial charge in [-0.25, -0.2) is 0 Å². The summed E-state index contributed by atoms with van der Waals surface area (Å²) in [7, 11) is 3.57. The van der Waals surface area contributed by atoms with E-state index in [1.54, 1.807) is 31.3 Å². The van der Waals surface area contributed by atoms with E-state index >= 15 is 0 Å². The molecule has 17 heavy (non-hydrogen) atoms. The third-order valence-electron chi connectivity index (χ3n) is 2.35. The van der Waals surface area contributed by atoms with E-state index in [2.05, 4.69) is 0 Å². The highest BCUT2D eigenvalue weighted by Crippen LogP contribution is 2.11. The van der Waals surface area contributed by atoms with Gasteiger partial charge in [-0.15, -0.1) is 0 Å². The van der Waals surface area contributed by atoms with E-state index in [9.17, 15) is 4.79 Å². The van der Waals surface area contributed by atoms with Gasteiger partial charge >= 0.3 is 0 Å². The van der Waals surface area contributed by atoms with Crippen molar-refractivity contribution in [2.45, 2.75) is 13.3 Å². The zero-order valence-corrected chi connectivity index (χ0v) is 10.4. The Kier molecular flexibility index (Phi) is 4.47. The highest BCUT2D eigenvalue weighted by atomic mass is 16.1. The fraction of sp³-hybridized carbons (Fsp3) is 0.286. The zero-order valence-electron chi connectivity index (χ0n) is 10.4. The van der Waals surface area contributed by atoms with E-state index in [-0.39, 0.29) is 11.4 Å². The van der Waals surface area contributed by atoms with Crippen LogP contribution in [0.5, 0.6) is 0 Å². The number of allylic oxidation sites excluding steroid dienone is 1. The first kappa shape index (κ1) is 13.0. The van der Waals surface area contributed by atoms with Crippen LogP contribution in [0, 0.1) is 11.3 Å². The molecule has 0 heterocycles. The molecule has 0 aliphatic carbocycles. The molecule has 0 unspecified atom stereocenters. The van der Waals surface area contributed by atoms with Crippen LogP contribution in [-0.4, -0.2) is 24.8 Å². The zero-order chi connectivity index (χ0) is 12.8. The van der Waals surface area contributed by atoms with Crippen LogP contribution in [0.15, 0.2) is 36.0 Å². The molecular weight excluding hydrogens is 212 g/mol. The van der Waals surface area contributed by atoms with Gasteiger partial charge in [-0.05, 0) is 18.1 Å². The Morgan fingerprint density at radius 3 is 2.71 bits per heavy atom. The number of aryl methyl sites for hydroxylation is 1. The molecule has 1 aromatic rings. The van der Waals surface area contributed by atoms with Crippen molar-refractivity contribution in [3.05, 3.63) is 47.2 Å². The number of hydrogen-bond donors (Lipinski definition) is 0. The summed E-state index contributed by atoms with van der Waals surface area (Å²) in [6.07, 6.45) is 2.42. The minimum Gasteiger partial charge on any atom is -0.382 e. The van der Waals surface area contributed by atoms with Crippen LogP contribution in [0.3, 0.4) is 0 Å². The minimum absolute atomic E-state index is 0.156. The molecule has 1 rings (SSSR count). The molecule has 0 N–H and O–H groups in total. The molecule has 0 saturated carbocycles. The number of rotatable bonds is 4. The molecule has 3 heteroatoms. The summed E-state index contributed by atoms with van der Waals surface area (Å²) in [5.41, 5.74) is 1.82. The standard InChI is InChI=1S/C14H16N2O/c1-4-11-6-5-7-12(8-11)14(17)13(9-15)10-16(2)3/h5-8,10H,4H2,1-3H3. The summed E-state index contributed by atoms with van der Waals surface area (Å²) < 4.78 is 0. The van der Waals surface area contributed by atoms with Gasteiger partial charge in [0, 0.05) is 25.9 Å². The van der Waals surface area contributed by atoms with Gasteiger partial charge in [0.05, 0.1) is 0 Å². The highest BCUT2D eigenvalue weighted by Gasteiger charge is 2.12. The maximum Gasteiger partial charge on any atom is 0.205 e. The Labute approximate surface area is 102 Å². The molecule has 0 aromatic heterocycles. The van der Waals surface area contributed by atoms with Crippen LogP contribution < -0.4 is 0 Å². The highest BCUT2D eigenvalue weighted by molar-refractivity contribution is 6.11. The number of Topliss-reactive ketones (excluding diaryl/α,β-unsaturated/α-hetero) is 1. The smallest absolute Gasteiger partial charge is 0.205 e. The number of nitriles is 1. The molecular formula is C14H16N2O. The van der Waals surface area contributed by atoms with Crippen LogP contribution in [0.4, 0.5) is 0 Å². The molecule has 0 atom stereocenters. The summed E-state index contributed by atoms with van der Waals surface area (Å²) in [5, 5.41) is 8.97. The normalized spacial score (nSPS) is 10.8. The van der Waals surface area contributed by atoms with E-state index in [0.717, 1.165) is 12.0 Å². The van der Waals surface area contributed by atoms with Crippen LogP contribution >= 0.6 is 0 Å². The number of ketones is 1. The fourth-order valence-corrected chi connectivity index (χ4v) is 1.48. The van der Waals surface area contributed by atoms with Crippen molar-refractivity contribution in [2.24, 2.45) is 0 Å². The van der Waals surface area contributed by atoms with Crippen LogP contribution in [-0.2, 0) is 6.42 Å². The largest absolute Gasteiger partial charge is 0.382 e. The van der Waals surface area contributed by atoms with E-state index in [0.29, 0.717) is 5.56 Å². The van der Waals surface area contributed by atoms with Crippen molar-refractivity contribution in [3.63, 3.8) is 0 Å². The number of benzene rings is 1. The molecule has 3 nitrogen and oxygen atoms in total. The average molecular weight is 228 g/mol. The van der Waals surface area contributed by atoms with Crippen molar-refractivity contribution in [1.82, 2.24) is 4.90 Å². The van der Waals surface area contributed by atoms with E-state index in [1.165, 1.54) is 0 Å². The SMILES string of the molecule is CCc1cccc(C(=O)C(C#N)=CN(C)C)c1. The topological polar surface area (TPSA) is 44.1 Å². The average Bonchev–Trinajstić information content (AvgIpc) is 2.35. The Morgan fingerprint density at radius 1 is 1.47 bits per heavy atom. The third kappa shape index (κ3) is 3.46. The predicted molar refractivity (Wildman–Crippen MR) is 67.5 cm³/mol. The lowest BCUT2D eigenvalue weighted by atomic mass is 10.0. The molecule has 0 saturated heterocycles. The molecule has 0 fully saturated rings. The number of nitrogens with zero attached hydrogens (tertiary/aromatic N) is 2. The Hall–Kier alpha value is -2.08. The van der Waals surface area contributed by atoms with Gasteiger partial charge in [0.1, 0.15) is 11.6 Å². The van der Waals surface area contributed by atoms with Gasteiger partial charge in [-0.2, -0.15) is 5.26 Å². The van der Waals surface area contributed by atoms with Crippen molar-refractivity contribution in [3.8, 4) is 6.07 Å². The van der Waals surface area contributed by atoms with Crippen LogP contribution in [0.1, 0.15) is 22.8 Å². The second-order valence-corrected chi connectivity index (χ2v) is 4.00. The van der Waals surface area contributed by atoms with Gasteiger partial charge in [0.15, 0.2) is 0 Å². The summed E-state index contributed by atoms with van der Waals surface area (Å²) in [4.78, 5) is 13.8. The summed E-state index contributed by atoms with van der Waals surface area (Å²) in [6, 6.07) is 9.33. The second-order valence-electron chi connectivity index (χ2n) is 4.00. The van der Waals surface area contributed by atoms with Crippen molar-refractivity contribution >= 4 is 5.78 Å². The molecule has 1 aromatic carbocycles. The minimum atomic E-state index is -0.225. The monoisotopic (exact) mass is 228 g/mol. The van der Waals surface area contributed by atoms with Gasteiger partial charge in [0.2, 0.25) is 5.78 Å². The molecule has 88 valence electrons. The summed E-state index contributed by atoms with van der Waals surface area (Å²) in [5.74, 6) is -0.225. The Balaban J connectivity index is 3.07. The molecule has 0 amide bonds. The van der Waals surface area contributed by atoms with Gasteiger partial charge < -0.3 is 4.90 Å². The van der Waals surface area contributed by atoms with Crippen molar-refractivity contribution in [2.75, 3.05) is 14.1 Å². The quantitative estimate of drug-likeness (QED) is 0.451. The van der Waals surface area contributed by atoms with Gasteiger partial charge in [-0.3, -0.25) is 4.79 Å². The van der Waals surface area contributed by atoms with Gasteiger partial charge in [0.25, 0.3) is 0 Å². The fourth-order valence-electron chi connectivity index (χ4n) is 1.48. The second kappa shape index (κ2) is 5.86. The maximum atomic E-state index is 12.1. The van der Waals surface area contributed by atoms with Crippen molar-refractivity contribution in [1.29, 1.82) is 5.26 Å². The molecule has 0 aliphatic heterocycles. The third-order valence-corrected chi connectivity index (χ3v) is 2.35. The van der Waals surface area contributed by atoms with Crippen LogP contribution in [0.25, 0.3) is 0 Å². The lowest BCUT2D eigenvalue weighted by molar-refractivity contribution is 0.103. The first-order valence-corrected chi connectivity index (χ1v) is 5.50. The van der Waals surface area contributed by atoms with E-state index in [1.807, 2.05) is 31.2 Å². The lowest BCUT2D eigenvalue weighted by Crippen LogP contribution is -2.09. The molecule has 0 bridgehead atoms. The number of carbonyl (C=O) groups excluding carboxylic acids is 1. The van der Waals surface area contributed by atoms with Crippen LogP contribution in [0.2, 0.25) is 0 Å². The van der Waals surface area contributed by atoms with Crippen molar-refractivity contribution < 1.29 is 4.79 Å². The lowest BCUT2D eigenvalue weighted by Gasteiger charge is -2.06. The number of carbonyl (C=O) groups is 1. The first-order chi connectivity index (χ1) is 8.08. The molecule has 0 radical (unpaired) electrons. The molecule has 0 aliphatic rings. The summed E-state index contributed by atoms with van der Waals surface area (Å²) >= 11 is 0.